The van der Waals surface area contributed by atoms with Crippen molar-refractivity contribution < 1.29 is 17.6 Å². The van der Waals surface area contributed by atoms with Crippen LogP contribution in [0.25, 0.3) is 0 Å². The second-order valence-corrected chi connectivity index (χ2v) is 9.04. The van der Waals surface area contributed by atoms with Crippen LogP contribution in [0.4, 0.5) is 5.69 Å². The quantitative estimate of drug-likeness (QED) is 0.790. The van der Waals surface area contributed by atoms with Crippen LogP contribution >= 0.6 is 0 Å². The number of carbonyl (C=O) groups excluding carboxylic acids is 1. The van der Waals surface area contributed by atoms with Gasteiger partial charge in [0, 0.05) is 5.69 Å². The van der Waals surface area contributed by atoms with Gasteiger partial charge in [0.15, 0.2) is 0 Å². The van der Waals surface area contributed by atoms with Crippen LogP contribution in [0.2, 0.25) is 0 Å². The molecule has 0 aliphatic heterocycles. The zero-order valence-electron chi connectivity index (χ0n) is 15.7. The summed E-state index contributed by atoms with van der Waals surface area (Å²) in [6.45, 7) is 2.24. The molecule has 6 nitrogen and oxygen atoms in total. The van der Waals surface area contributed by atoms with Crippen molar-refractivity contribution >= 4 is 21.6 Å². The number of anilines is 1. The molecule has 2 N–H and O–H groups in total. The SMILES string of the molecule is Cc1ccc(CNC(=O)C2(c3ccc(NS(C)(=O)=O)cc3)CCCCC2)o1. The van der Waals surface area contributed by atoms with Gasteiger partial charge in [-0.3, -0.25) is 9.52 Å². The van der Waals surface area contributed by atoms with Gasteiger partial charge in [-0.1, -0.05) is 31.4 Å². The van der Waals surface area contributed by atoms with E-state index in [2.05, 4.69) is 10.0 Å². The Kier molecular flexibility index (Phi) is 5.60. The predicted octanol–water partition coefficient (Wildman–Crippen LogP) is 3.48. The zero-order chi connectivity index (χ0) is 19.5. The number of rotatable bonds is 6. The van der Waals surface area contributed by atoms with Gasteiger partial charge in [0.25, 0.3) is 0 Å². The van der Waals surface area contributed by atoms with Gasteiger partial charge < -0.3 is 9.73 Å². The molecule has 0 radical (unpaired) electrons. The van der Waals surface area contributed by atoms with Crippen molar-refractivity contribution in [2.75, 3.05) is 11.0 Å². The summed E-state index contributed by atoms with van der Waals surface area (Å²) in [5.41, 5.74) is 0.844. The molecule has 0 atom stereocenters. The van der Waals surface area contributed by atoms with Gasteiger partial charge in [-0.2, -0.15) is 0 Å². The first-order valence-electron chi connectivity index (χ1n) is 9.20. The summed E-state index contributed by atoms with van der Waals surface area (Å²) in [5, 5.41) is 3.03. The van der Waals surface area contributed by atoms with E-state index in [0.717, 1.165) is 55.4 Å². The Bertz CT molecular complexity index is 894. The van der Waals surface area contributed by atoms with E-state index in [1.165, 1.54) is 0 Å². The van der Waals surface area contributed by atoms with Gasteiger partial charge in [0.05, 0.1) is 18.2 Å². The van der Waals surface area contributed by atoms with E-state index in [9.17, 15) is 13.2 Å². The maximum Gasteiger partial charge on any atom is 0.231 e. The summed E-state index contributed by atoms with van der Waals surface area (Å²) in [4.78, 5) is 13.2. The van der Waals surface area contributed by atoms with Crippen molar-refractivity contribution in [3.63, 3.8) is 0 Å². The number of amides is 1. The van der Waals surface area contributed by atoms with E-state index in [1.54, 1.807) is 12.1 Å². The highest BCUT2D eigenvalue weighted by Crippen LogP contribution is 2.40. The molecule has 1 heterocycles. The van der Waals surface area contributed by atoms with Gasteiger partial charge in [-0.25, -0.2) is 8.42 Å². The van der Waals surface area contributed by atoms with Gasteiger partial charge >= 0.3 is 0 Å². The Morgan fingerprint density at radius 1 is 1.07 bits per heavy atom. The fourth-order valence-electron chi connectivity index (χ4n) is 3.79. The Hall–Kier alpha value is -2.28. The highest BCUT2D eigenvalue weighted by atomic mass is 32.2. The zero-order valence-corrected chi connectivity index (χ0v) is 16.6. The van der Waals surface area contributed by atoms with E-state index < -0.39 is 15.4 Å². The minimum absolute atomic E-state index is 0.0000697. The first-order valence-corrected chi connectivity index (χ1v) is 11.1. The van der Waals surface area contributed by atoms with E-state index >= 15 is 0 Å². The van der Waals surface area contributed by atoms with Gasteiger partial charge in [0.1, 0.15) is 11.5 Å². The standard InChI is InChI=1S/C20H26N2O4S/c1-15-6-11-18(26-15)14-21-19(23)20(12-4-3-5-13-20)16-7-9-17(10-8-16)22-27(2,24)25/h6-11,22H,3-5,12-14H2,1-2H3,(H,21,23). The third-order valence-electron chi connectivity index (χ3n) is 5.10. The number of nitrogens with one attached hydrogen (secondary N) is 2. The van der Waals surface area contributed by atoms with E-state index in [4.69, 9.17) is 4.42 Å². The molecule has 27 heavy (non-hydrogen) atoms. The van der Waals surface area contributed by atoms with Gasteiger partial charge in [-0.05, 0) is 49.6 Å². The number of carbonyl (C=O) groups is 1. The summed E-state index contributed by atoms with van der Waals surface area (Å²) in [6.07, 6.45) is 5.81. The minimum Gasteiger partial charge on any atom is -0.465 e. The largest absolute Gasteiger partial charge is 0.465 e. The fourth-order valence-corrected chi connectivity index (χ4v) is 4.35. The monoisotopic (exact) mass is 390 g/mol. The van der Waals surface area contributed by atoms with Crippen LogP contribution in [0.1, 0.15) is 49.2 Å². The molecule has 0 unspecified atom stereocenters. The predicted molar refractivity (Wildman–Crippen MR) is 105 cm³/mol. The van der Waals surface area contributed by atoms with E-state index in [1.807, 2.05) is 31.2 Å². The summed E-state index contributed by atoms with van der Waals surface area (Å²) in [6, 6.07) is 10.9. The smallest absolute Gasteiger partial charge is 0.231 e. The van der Waals surface area contributed by atoms with Crippen LogP contribution in [0, 0.1) is 6.92 Å². The molecule has 0 bridgehead atoms. The maximum atomic E-state index is 13.2. The molecule has 1 aliphatic rings. The lowest BCUT2D eigenvalue weighted by Gasteiger charge is -2.36. The highest BCUT2D eigenvalue weighted by molar-refractivity contribution is 7.92. The Morgan fingerprint density at radius 3 is 2.30 bits per heavy atom. The van der Waals surface area contributed by atoms with Crippen LogP contribution in [-0.4, -0.2) is 20.6 Å². The number of benzene rings is 1. The van der Waals surface area contributed by atoms with Crippen molar-refractivity contribution in [3.05, 3.63) is 53.5 Å². The Balaban J connectivity index is 1.80. The molecule has 1 aromatic carbocycles. The van der Waals surface area contributed by atoms with Crippen LogP contribution in [0.15, 0.2) is 40.8 Å². The molecule has 146 valence electrons. The number of sulfonamides is 1. The van der Waals surface area contributed by atoms with Crippen molar-refractivity contribution in [3.8, 4) is 0 Å². The molecule has 1 fully saturated rings. The number of aryl methyl sites for hydroxylation is 1. The maximum absolute atomic E-state index is 13.2. The molecule has 1 aromatic heterocycles. The highest BCUT2D eigenvalue weighted by Gasteiger charge is 2.41. The van der Waals surface area contributed by atoms with Crippen molar-refractivity contribution in [2.24, 2.45) is 0 Å². The van der Waals surface area contributed by atoms with Crippen LogP contribution in [0.3, 0.4) is 0 Å². The molecule has 1 aliphatic carbocycles. The van der Waals surface area contributed by atoms with Gasteiger partial charge in [0.2, 0.25) is 15.9 Å². The average molecular weight is 391 g/mol. The van der Waals surface area contributed by atoms with Crippen LogP contribution < -0.4 is 10.0 Å². The average Bonchev–Trinajstić information content (AvgIpc) is 3.05. The van der Waals surface area contributed by atoms with Crippen LogP contribution in [-0.2, 0) is 26.8 Å². The normalized spacial score (nSPS) is 16.7. The first-order chi connectivity index (χ1) is 12.8. The van der Waals surface area contributed by atoms with Crippen LogP contribution in [0.5, 0.6) is 0 Å². The summed E-state index contributed by atoms with van der Waals surface area (Å²) in [7, 11) is -3.32. The number of furan rings is 1. The lowest BCUT2D eigenvalue weighted by Crippen LogP contribution is -2.45. The molecule has 0 spiro atoms. The minimum atomic E-state index is -3.32. The Labute approximate surface area is 160 Å². The van der Waals surface area contributed by atoms with Crippen molar-refractivity contribution in [1.82, 2.24) is 5.32 Å². The lowest BCUT2D eigenvalue weighted by molar-refractivity contribution is -0.128. The first kappa shape index (κ1) is 19.5. The third kappa shape index (κ3) is 4.71. The van der Waals surface area contributed by atoms with Gasteiger partial charge in [-0.15, -0.1) is 0 Å². The summed E-state index contributed by atoms with van der Waals surface area (Å²) >= 11 is 0. The molecule has 0 saturated heterocycles. The lowest BCUT2D eigenvalue weighted by atomic mass is 9.68. The topological polar surface area (TPSA) is 88.4 Å². The molecular formula is C20H26N2O4S. The van der Waals surface area contributed by atoms with Crippen molar-refractivity contribution in [2.45, 2.75) is 51.0 Å². The fraction of sp³-hybridized carbons (Fsp3) is 0.450. The summed E-state index contributed by atoms with van der Waals surface area (Å²) < 4.78 is 30.8. The molecule has 7 heteroatoms. The second kappa shape index (κ2) is 7.76. The Morgan fingerprint density at radius 2 is 1.74 bits per heavy atom. The third-order valence-corrected chi connectivity index (χ3v) is 5.71. The molecule has 2 aromatic rings. The number of hydrogen-bond donors (Lipinski definition) is 2. The molecule has 3 rings (SSSR count). The second-order valence-electron chi connectivity index (χ2n) is 7.29. The molecule has 1 saturated carbocycles. The molecule has 1 amide bonds. The number of hydrogen-bond acceptors (Lipinski definition) is 4. The molecular weight excluding hydrogens is 364 g/mol. The van der Waals surface area contributed by atoms with E-state index in [-0.39, 0.29) is 5.91 Å². The summed E-state index contributed by atoms with van der Waals surface area (Å²) in [5.74, 6) is 1.56. The van der Waals surface area contributed by atoms with E-state index in [0.29, 0.717) is 12.2 Å². The van der Waals surface area contributed by atoms with Crippen molar-refractivity contribution in [1.29, 1.82) is 0 Å².